The monoisotopic (exact) mass is 424 g/mol. The molecule has 3 rings (SSSR count). The van der Waals surface area contributed by atoms with Gasteiger partial charge in [0.15, 0.2) is 11.7 Å². The Hall–Kier alpha value is -1.73. The largest absolute Gasteiger partial charge is 0.482 e. The zero-order chi connectivity index (χ0) is 18.4. The van der Waals surface area contributed by atoms with Crippen molar-refractivity contribution in [1.82, 2.24) is 4.98 Å². The zero-order valence-electron chi connectivity index (χ0n) is 13.4. The molecule has 0 saturated heterocycles. The van der Waals surface area contributed by atoms with Gasteiger partial charge in [0.1, 0.15) is 5.75 Å². The summed E-state index contributed by atoms with van der Waals surface area (Å²) in [7, 11) is 0. The van der Waals surface area contributed by atoms with Crippen LogP contribution in [0, 0.1) is 0 Å². The number of thiazole rings is 1. The number of aromatic nitrogens is 1. The van der Waals surface area contributed by atoms with E-state index in [1.807, 2.05) is 23.6 Å². The fourth-order valence-corrected chi connectivity index (χ4v) is 4.10. The van der Waals surface area contributed by atoms with Crippen LogP contribution in [-0.4, -0.2) is 17.5 Å². The van der Waals surface area contributed by atoms with Gasteiger partial charge in [-0.05, 0) is 30.3 Å². The molecule has 2 aromatic carbocycles. The van der Waals surface area contributed by atoms with Crippen LogP contribution >= 0.6 is 46.3 Å². The molecule has 0 aliphatic heterocycles. The van der Waals surface area contributed by atoms with Crippen LogP contribution in [0.2, 0.25) is 10.0 Å². The first kappa shape index (κ1) is 19.0. The molecule has 0 atom stereocenters. The second-order valence-corrected chi connectivity index (χ2v) is 7.91. The Morgan fingerprint density at radius 1 is 1.19 bits per heavy atom. The molecule has 0 aliphatic carbocycles. The number of carbonyl (C=O) groups excluding carboxylic acids is 1. The van der Waals surface area contributed by atoms with Crippen molar-refractivity contribution in [2.24, 2.45) is 0 Å². The Balaban J connectivity index is 1.48. The number of amides is 1. The highest BCUT2D eigenvalue weighted by Gasteiger charge is 2.09. The lowest BCUT2D eigenvalue weighted by Gasteiger charge is -2.07. The second kappa shape index (κ2) is 9.28. The van der Waals surface area contributed by atoms with E-state index < -0.39 is 0 Å². The van der Waals surface area contributed by atoms with Crippen LogP contribution in [0.15, 0.2) is 58.8 Å². The van der Waals surface area contributed by atoms with E-state index in [9.17, 15) is 4.79 Å². The predicted molar refractivity (Wildman–Crippen MR) is 109 cm³/mol. The summed E-state index contributed by atoms with van der Waals surface area (Å²) in [5.74, 6) is 0.853. The lowest BCUT2D eigenvalue weighted by Crippen LogP contribution is -2.20. The highest BCUT2D eigenvalue weighted by molar-refractivity contribution is 7.98. The third-order valence-corrected chi connectivity index (χ3v) is 5.56. The Labute approximate surface area is 169 Å². The normalized spacial score (nSPS) is 10.5. The van der Waals surface area contributed by atoms with Gasteiger partial charge >= 0.3 is 0 Å². The Kier molecular flexibility index (Phi) is 6.80. The van der Waals surface area contributed by atoms with Crippen LogP contribution in [0.1, 0.15) is 5.69 Å². The first-order chi connectivity index (χ1) is 12.6. The summed E-state index contributed by atoms with van der Waals surface area (Å²) in [4.78, 5) is 17.6. The van der Waals surface area contributed by atoms with Gasteiger partial charge in [0.2, 0.25) is 0 Å². The molecule has 3 aromatic rings. The number of nitrogens with zero attached hydrogens (tertiary/aromatic N) is 1. The van der Waals surface area contributed by atoms with Gasteiger partial charge in [-0.2, -0.15) is 0 Å². The van der Waals surface area contributed by atoms with Crippen LogP contribution in [0.4, 0.5) is 5.13 Å². The number of rotatable bonds is 7. The van der Waals surface area contributed by atoms with Crippen molar-refractivity contribution in [3.8, 4) is 5.75 Å². The minimum absolute atomic E-state index is 0.158. The lowest BCUT2D eigenvalue weighted by atomic mass is 10.3. The van der Waals surface area contributed by atoms with Crippen LogP contribution in [0.3, 0.4) is 0 Å². The summed E-state index contributed by atoms with van der Waals surface area (Å²) in [5, 5.41) is 6.08. The molecule has 0 saturated carbocycles. The number of nitrogens with one attached hydrogen (secondary N) is 1. The first-order valence-corrected chi connectivity index (χ1v) is 10.2. The summed E-state index contributed by atoms with van der Waals surface area (Å²) in [6.07, 6.45) is 0. The summed E-state index contributed by atoms with van der Waals surface area (Å²) in [5.41, 5.74) is 0.917. The number of thioether (sulfide) groups is 1. The molecule has 1 N–H and O–H groups in total. The Bertz CT molecular complexity index is 888. The molecule has 4 nitrogen and oxygen atoms in total. The van der Waals surface area contributed by atoms with Gasteiger partial charge < -0.3 is 4.74 Å². The molecule has 0 bridgehead atoms. The smallest absolute Gasteiger partial charge is 0.264 e. The van der Waals surface area contributed by atoms with E-state index in [-0.39, 0.29) is 12.5 Å². The summed E-state index contributed by atoms with van der Waals surface area (Å²) in [6, 6.07) is 14.9. The molecule has 8 heteroatoms. The highest BCUT2D eigenvalue weighted by Crippen LogP contribution is 2.28. The third-order valence-electron chi connectivity index (χ3n) is 3.18. The number of anilines is 1. The Morgan fingerprint density at radius 2 is 2.00 bits per heavy atom. The quantitative estimate of drug-likeness (QED) is 0.489. The van der Waals surface area contributed by atoms with Crippen molar-refractivity contribution in [3.63, 3.8) is 0 Å². The van der Waals surface area contributed by atoms with E-state index in [1.54, 1.807) is 30.0 Å². The van der Waals surface area contributed by atoms with Crippen molar-refractivity contribution >= 4 is 57.3 Å². The molecule has 0 radical (unpaired) electrons. The van der Waals surface area contributed by atoms with Gasteiger partial charge in [0.25, 0.3) is 5.91 Å². The van der Waals surface area contributed by atoms with Gasteiger partial charge in [-0.1, -0.05) is 41.4 Å². The van der Waals surface area contributed by atoms with Gasteiger partial charge in [-0.15, -0.1) is 23.1 Å². The molecule has 1 aromatic heterocycles. The summed E-state index contributed by atoms with van der Waals surface area (Å²) < 4.78 is 5.41. The maximum absolute atomic E-state index is 12.0. The van der Waals surface area contributed by atoms with Crippen molar-refractivity contribution in [2.75, 3.05) is 11.9 Å². The molecular formula is C18H14Cl2N2O2S2. The molecule has 0 unspecified atom stereocenters. The molecule has 26 heavy (non-hydrogen) atoms. The molecule has 0 aliphatic rings. The minimum atomic E-state index is -0.298. The lowest BCUT2D eigenvalue weighted by molar-refractivity contribution is -0.118. The van der Waals surface area contributed by atoms with E-state index >= 15 is 0 Å². The maximum Gasteiger partial charge on any atom is 0.264 e. The highest BCUT2D eigenvalue weighted by atomic mass is 35.5. The van der Waals surface area contributed by atoms with E-state index in [0.29, 0.717) is 20.9 Å². The van der Waals surface area contributed by atoms with Gasteiger partial charge in [0.05, 0.1) is 10.7 Å². The Morgan fingerprint density at radius 3 is 2.77 bits per heavy atom. The van der Waals surface area contributed by atoms with E-state index in [2.05, 4.69) is 22.4 Å². The number of ether oxygens (including phenoxy) is 1. The van der Waals surface area contributed by atoms with Crippen molar-refractivity contribution in [3.05, 3.63) is 69.7 Å². The van der Waals surface area contributed by atoms with Crippen LogP contribution < -0.4 is 10.1 Å². The van der Waals surface area contributed by atoms with Crippen LogP contribution in [0.5, 0.6) is 5.75 Å². The molecule has 0 spiro atoms. The van der Waals surface area contributed by atoms with Crippen LogP contribution in [-0.2, 0) is 10.5 Å². The molecule has 1 amide bonds. The van der Waals surface area contributed by atoms with E-state index in [1.165, 1.54) is 16.2 Å². The van der Waals surface area contributed by atoms with Gasteiger partial charge in [-0.3, -0.25) is 10.1 Å². The van der Waals surface area contributed by atoms with Crippen molar-refractivity contribution in [2.45, 2.75) is 10.6 Å². The minimum Gasteiger partial charge on any atom is -0.482 e. The molecule has 1 heterocycles. The average molecular weight is 425 g/mol. The standard InChI is InChI=1S/C18H14Cl2N2O2S2/c19-12-6-7-16(15(20)8-12)24-9-17(23)22-18-21-13(11-26-18)10-25-14-4-2-1-3-5-14/h1-8,11H,9-10H2,(H,21,22,23). The number of benzene rings is 2. The average Bonchev–Trinajstić information content (AvgIpc) is 3.07. The fraction of sp³-hybridized carbons (Fsp3) is 0.111. The van der Waals surface area contributed by atoms with Gasteiger partial charge in [0, 0.05) is 21.1 Å². The first-order valence-electron chi connectivity index (χ1n) is 7.60. The summed E-state index contributed by atoms with van der Waals surface area (Å²) in [6.45, 7) is -0.158. The number of hydrogen-bond acceptors (Lipinski definition) is 5. The van der Waals surface area contributed by atoms with Gasteiger partial charge in [-0.25, -0.2) is 4.98 Å². The number of carbonyl (C=O) groups is 1. The predicted octanol–water partition coefficient (Wildman–Crippen LogP) is 5.76. The third kappa shape index (κ3) is 5.64. The van der Waals surface area contributed by atoms with Crippen LogP contribution in [0.25, 0.3) is 0 Å². The van der Waals surface area contributed by atoms with E-state index in [0.717, 1.165) is 11.4 Å². The second-order valence-electron chi connectivity index (χ2n) is 5.16. The fourth-order valence-electron chi connectivity index (χ4n) is 2.00. The number of hydrogen-bond donors (Lipinski definition) is 1. The van der Waals surface area contributed by atoms with E-state index in [4.69, 9.17) is 27.9 Å². The summed E-state index contributed by atoms with van der Waals surface area (Å²) >= 11 is 14.9. The SMILES string of the molecule is O=C(COc1ccc(Cl)cc1Cl)Nc1nc(CSc2ccccc2)cs1. The molecule has 134 valence electrons. The molecular weight excluding hydrogens is 411 g/mol. The zero-order valence-corrected chi connectivity index (χ0v) is 16.6. The topological polar surface area (TPSA) is 51.2 Å². The number of halogens is 2. The van der Waals surface area contributed by atoms with Crippen molar-refractivity contribution in [1.29, 1.82) is 0 Å². The molecule has 0 fully saturated rings. The van der Waals surface area contributed by atoms with Crippen molar-refractivity contribution < 1.29 is 9.53 Å². The maximum atomic E-state index is 12.0.